The molecule has 0 spiro atoms. The van der Waals surface area contributed by atoms with Gasteiger partial charge in [0, 0.05) is 10.6 Å². The summed E-state index contributed by atoms with van der Waals surface area (Å²) in [5.74, 6) is 0.167. The SMILES string of the molecule is CCOC(=O)C1=C(C)N=c2sc(=Cc3c(OC)ccc4ccccc34)c(=O)n2C1c1ccc(Cl)cc1. The Bertz CT molecular complexity index is 1700. The van der Waals surface area contributed by atoms with Gasteiger partial charge in [-0.2, -0.15) is 0 Å². The van der Waals surface area contributed by atoms with E-state index in [-0.39, 0.29) is 12.2 Å². The third-order valence-electron chi connectivity index (χ3n) is 6.13. The van der Waals surface area contributed by atoms with Crippen LogP contribution in [0.25, 0.3) is 16.8 Å². The van der Waals surface area contributed by atoms with E-state index in [0.29, 0.717) is 31.4 Å². The van der Waals surface area contributed by atoms with E-state index in [9.17, 15) is 9.59 Å². The van der Waals surface area contributed by atoms with Gasteiger partial charge in [-0.05, 0) is 54.5 Å². The van der Waals surface area contributed by atoms with E-state index in [0.717, 1.165) is 21.9 Å². The number of hydrogen-bond acceptors (Lipinski definition) is 6. The number of aromatic nitrogens is 1. The van der Waals surface area contributed by atoms with Crippen LogP contribution in [-0.4, -0.2) is 24.3 Å². The number of allylic oxidation sites excluding steroid dienone is 1. The Hall–Kier alpha value is -3.68. The number of rotatable bonds is 5. The van der Waals surface area contributed by atoms with E-state index in [1.165, 1.54) is 11.3 Å². The van der Waals surface area contributed by atoms with Crippen molar-refractivity contribution in [2.45, 2.75) is 19.9 Å². The predicted octanol–water partition coefficient (Wildman–Crippen LogP) is 4.61. The number of ether oxygens (including phenoxy) is 2. The van der Waals surface area contributed by atoms with Crippen molar-refractivity contribution in [2.24, 2.45) is 4.99 Å². The van der Waals surface area contributed by atoms with E-state index < -0.39 is 12.0 Å². The minimum Gasteiger partial charge on any atom is -0.496 e. The average Bonchev–Trinajstić information content (AvgIpc) is 3.18. The van der Waals surface area contributed by atoms with Crippen LogP contribution in [0, 0.1) is 0 Å². The molecule has 0 radical (unpaired) electrons. The molecular formula is C28H23ClN2O4S. The van der Waals surface area contributed by atoms with Gasteiger partial charge in [0.05, 0.1) is 35.6 Å². The quantitative estimate of drug-likeness (QED) is 0.362. The van der Waals surface area contributed by atoms with Gasteiger partial charge in [0.1, 0.15) is 5.75 Å². The molecule has 1 aromatic heterocycles. The Balaban J connectivity index is 1.78. The molecule has 3 aromatic carbocycles. The Morgan fingerprint density at radius 3 is 2.61 bits per heavy atom. The lowest BCUT2D eigenvalue weighted by atomic mass is 9.96. The molecule has 8 heteroatoms. The Labute approximate surface area is 216 Å². The number of halogens is 1. The highest BCUT2D eigenvalue weighted by Gasteiger charge is 2.33. The fourth-order valence-corrected chi connectivity index (χ4v) is 5.64. The standard InChI is InChI=1S/C28H23ClN2O4S/c1-4-35-27(33)24-16(2)30-28-31(25(24)18-9-12-19(29)13-10-18)26(32)23(36-28)15-21-20-8-6-5-7-17(20)11-14-22(21)34-3/h5-15,25H,4H2,1-3H3. The van der Waals surface area contributed by atoms with Crippen LogP contribution in [0.15, 0.2) is 81.7 Å². The molecule has 5 rings (SSSR count). The maximum atomic E-state index is 13.9. The number of benzene rings is 3. The summed E-state index contributed by atoms with van der Waals surface area (Å²) in [6, 6.07) is 18.3. The third-order valence-corrected chi connectivity index (χ3v) is 7.36. The van der Waals surface area contributed by atoms with Crippen molar-refractivity contribution in [2.75, 3.05) is 13.7 Å². The van der Waals surface area contributed by atoms with Crippen molar-refractivity contribution in [3.05, 3.63) is 108 Å². The van der Waals surface area contributed by atoms with Gasteiger partial charge in [-0.25, -0.2) is 9.79 Å². The maximum Gasteiger partial charge on any atom is 0.338 e. The summed E-state index contributed by atoms with van der Waals surface area (Å²) in [6.45, 7) is 3.73. The first-order valence-electron chi connectivity index (χ1n) is 11.4. The van der Waals surface area contributed by atoms with Gasteiger partial charge in [0.2, 0.25) is 0 Å². The second-order valence-electron chi connectivity index (χ2n) is 8.26. The van der Waals surface area contributed by atoms with Gasteiger partial charge in [-0.1, -0.05) is 65.4 Å². The third kappa shape index (κ3) is 4.14. The zero-order valence-electron chi connectivity index (χ0n) is 19.9. The van der Waals surface area contributed by atoms with E-state index >= 15 is 0 Å². The topological polar surface area (TPSA) is 69.9 Å². The van der Waals surface area contributed by atoms with Crippen LogP contribution in [0.4, 0.5) is 0 Å². The fraction of sp³-hybridized carbons (Fsp3) is 0.179. The highest BCUT2D eigenvalue weighted by molar-refractivity contribution is 7.07. The Kier molecular flexibility index (Phi) is 6.51. The molecule has 1 atom stereocenters. The summed E-state index contributed by atoms with van der Waals surface area (Å²) in [7, 11) is 1.61. The van der Waals surface area contributed by atoms with Crippen molar-refractivity contribution in [3.8, 4) is 5.75 Å². The molecule has 0 aliphatic carbocycles. The number of nitrogens with zero attached hydrogens (tertiary/aromatic N) is 2. The maximum absolute atomic E-state index is 13.9. The molecule has 1 aliphatic rings. The molecule has 36 heavy (non-hydrogen) atoms. The van der Waals surface area contributed by atoms with Crippen LogP contribution >= 0.6 is 22.9 Å². The van der Waals surface area contributed by atoms with Crippen LogP contribution in [0.5, 0.6) is 5.75 Å². The number of esters is 1. The molecule has 0 saturated carbocycles. The van der Waals surface area contributed by atoms with Crippen LogP contribution in [0.2, 0.25) is 5.02 Å². The van der Waals surface area contributed by atoms with Crippen molar-refractivity contribution in [1.82, 2.24) is 4.57 Å². The van der Waals surface area contributed by atoms with Gasteiger partial charge in [0.25, 0.3) is 5.56 Å². The van der Waals surface area contributed by atoms with E-state index in [2.05, 4.69) is 4.99 Å². The van der Waals surface area contributed by atoms with Crippen LogP contribution in [0.3, 0.4) is 0 Å². The second-order valence-corrected chi connectivity index (χ2v) is 9.70. The molecule has 0 saturated heterocycles. The first-order chi connectivity index (χ1) is 17.4. The highest BCUT2D eigenvalue weighted by atomic mass is 35.5. The van der Waals surface area contributed by atoms with Crippen molar-refractivity contribution >= 4 is 45.8 Å². The van der Waals surface area contributed by atoms with Gasteiger partial charge in [0.15, 0.2) is 4.80 Å². The van der Waals surface area contributed by atoms with Gasteiger partial charge < -0.3 is 9.47 Å². The zero-order chi connectivity index (χ0) is 25.4. The molecule has 1 aliphatic heterocycles. The molecule has 4 aromatic rings. The first kappa shape index (κ1) is 24.0. The van der Waals surface area contributed by atoms with Gasteiger partial charge in [-0.15, -0.1) is 0 Å². The summed E-state index contributed by atoms with van der Waals surface area (Å²) < 4.78 is 13.0. The van der Waals surface area contributed by atoms with E-state index in [4.69, 9.17) is 21.1 Å². The van der Waals surface area contributed by atoms with Crippen molar-refractivity contribution < 1.29 is 14.3 Å². The first-order valence-corrected chi connectivity index (χ1v) is 12.6. The highest BCUT2D eigenvalue weighted by Crippen LogP contribution is 2.32. The van der Waals surface area contributed by atoms with Crippen LogP contribution in [0.1, 0.15) is 31.0 Å². The summed E-state index contributed by atoms with van der Waals surface area (Å²) in [4.78, 5) is 32.0. The largest absolute Gasteiger partial charge is 0.496 e. The monoisotopic (exact) mass is 518 g/mol. The Morgan fingerprint density at radius 2 is 1.89 bits per heavy atom. The molecule has 6 nitrogen and oxygen atoms in total. The summed E-state index contributed by atoms with van der Waals surface area (Å²) in [5.41, 5.74) is 2.16. The molecule has 2 heterocycles. The lowest BCUT2D eigenvalue weighted by molar-refractivity contribution is -0.139. The summed E-state index contributed by atoms with van der Waals surface area (Å²) in [6.07, 6.45) is 1.84. The molecular weight excluding hydrogens is 496 g/mol. The number of fused-ring (bicyclic) bond motifs is 2. The lowest BCUT2D eigenvalue weighted by Gasteiger charge is -2.24. The molecule has 0 amide bonds. The number of methoxy groups -OCH3 is 1. The number of carbonyl (C=O) groups is 1. The van der Waals surface area contributed by atoms with E-state index in [1.807, 2.05) is 54.6 Å². The molecule has 0 fully saturated rings. The molecule has 1 unspecified atom stereocenters. The zero-order valence-corrected chi connectivity index (χ0v) is 21.5. The summed E-state index contributed by atoms with van der Waals surface area (Å²) >= 11 is 7.40. The lowest BCUT2D eigenvalue weighted by Crippen LogP contribution is -2.39. The van der Waals surface area contributed by atoms with Gasteiger partial charge in [-0.3, -0.25) is 9.36 Å². The van der Waals surface area contributed by atoms with Crippen LogP contribution in [-0.2, 0) is 9.53 Å². The van der Waals surface area contributed by atoms with Gasteiger partial charge >= 0.3 is 5.97 Å². The minimum atomic E-state index is -0.686. The average molecular weight is 519 g/mol. The number of thiazole rings is 1. The summed E-state index contributed by atoms with van der Waals surface area (Å²) in [5, 5.41) is 2.57. The van der Waals surface area contributed by atoms with Crippen LogP contribution < -0.4 is 19.6 Å². The minimum absolute atomic E-state index is 0.217. The predicted molar refractivity (Wildman–Crippen MR) is 142 cm³/mol. The van der Waals surface area contributed by atoms with E-state index in [1.54, 1.807) is 37.7 Å². The Morgan fingerprint density at radius 1 is 1.14 bits per heavy atom. The second kappa shape index (κ2) is 9.76. The van der Waals surface area contributed by atoms with Crippen molar-refractivity contribution in [3.63, 3.8) is 0 Å². The molecule has 0 bridgehead atoms. The molecule has 182 valence electrons. The number of carbonyl (C=O) groups excluding carboxylic acids is 1. The smallest absolute Gasteiger partial charge is 0.338 e. The normalized spacial score (nSPS) is 15.6. The fourth-order valence-electron chi connectivity index (χ4n) is 4.49. The van der Waals surface area contributed by atoms with Crippen molar-refractivity contribution in [1.29, 1.82) is 0 Å². The number of hydrogen-bond donors (Lipinski definition) is 0. The molecule has 0 N–H and O–H groups in total.